The smallest absolute Gasteiger partial charge is 0.312 e. The van der Waals surface area contributed by atoms with E-state index in [4.69, 9.17) is 5.73 Å². The zero-order chi connectivity index (χ0) is 14.4. The van der Waals surface area contributed by atoms with Crippen LogP contribution in [0, 0.1) is 13.8 Å². The van der Waals surface area contributed by atoms with Crippen molar-refractivity contribution in [2.45, 2.75) is 26.3 Å². The molecule has 1 unspecified atom stereocenters. The molecule has 0 fully saturated rings. The van der Waals surface area contributed by atoms with E-state index in [-0.39, 0.29) is 5.91 Å². The Morgan fingerprint density at radius 1 is 1.47 bits per heavy atom. The number of amides is 3. The molecule has 7 nitrogen and oxygen atoms in total. The summed E-state index contributed by atoms with van der Waals surface area (Å²) in [4.78, 5) is 23.0. The fourth-order valence-electron chi connectivity index (χ4n) is 1.49. The first kappa shape index (κ1) is 15.4. The predicted molar refractivity (Wildman–Crippen MR) is 76.2 cm³/mol. The van der Waals surface area contributed by atoms with Crippen LogP contribution in [0.25, 0.3) is 0 Å². The van der Waals surface area contributed by atoms with Crippen molar-refractivity contribution in [2.24, 2.45) is 5.73 Å². The number of aromatic amines is 1. The van der Waals surface area contributed by atoms with Crippen LogP contribution in [0.15, 0.2) is 0 Å². The van der Waals surface area contributed by atoms with Crippen molar-refractivity contribution >= 4 is 29.5 Å². The predicted octanol–water partition coefficient (Wildman–Crippen LogP) is 0.755. The highest BCUT2D eigenvalue weighted by Gasteiger charge is 2.21. The minimum absolute atomic E-state index is 0.317. The molecule has 0 saturated carbocycles. The van der Waals surface area contributed by atoms with Gasteiger partial charge in [0.1, 0.15) is 6.04 Å². The molecule has 0 aliphatic rings. The van der Waals surface area contributed by atoms with Crippen LogP contribution in [0.4, 0.5) is 10.6 Å². The first-order valence-electron chi connectivity index (χ1n) is 5.83. The Balaban J connectivity index is 2.70. The molecular weight excluding hydrogens is 266 g/mol. The summed E-state index contributed by atoms with van der Waals surface area (Å²) in [6.07, 6.45) is 2.44. The number of carbonyl (C=O) groups is 2. The summed E-state index contributed by atoms with van der Waals surface area (Å²) in [6.45, 7) is 3.72. The van der Waals surface area contributed by atoms with E-state index in [1.807, 2.05) is 20.1 Å². The van der Waals surface area contributed by atoms with Crippen molar-refractivity contribution in [2.75, 3.05) is 17.3 Å². The van der Waals surface area contributed by atoms with E-state index in [0.717, 1.165) is 17.0 Å². The van der Waals surface area contributed by atoms with Gasteiger partial charge in [0.25, 0.3) is 0 Å². The summed E-state index contributed by atoms with van der Waals surface area (Å²) in [6, 6.07) is -1.36. The molecule has 19 heavy (non-hydrogen) atoms. The highest BCUT2D eigenvalue weighted by Crippen LogP contribution is 2.14. The van der Waals surface area contributed by atoms with E-state index in [0.29, 0.717) is 12.2 Å². The van der Waals surface area contributed by atoms with Crippen molar-refractivity contribution in [1.29, 1.82) is 0 Å². The number of thioether (sulfide) groups is 1. The molecule has 5 N–H and O–H groups in total. The third kappa shape index (κ3) is 4.47. The molecule has 8 heteroatoms. The van der Waals surface area contributed by atoms with E-state index in [2.05, 4.69) is 20.8 Å². The molecule has 0 aromatic carbocycles. The number of aryl methyl sites for hydroxylation is 1. The highest BCUT2D eigenvalue weighted by atomic mass is 32.2. The SMILES string of the molecule is CSCCC(NC(N)=O)C(=O)Nc1n[nH]c(C)c1C. The van der Waals surface area contributed by atoms with Gasteiger partial charge in [-0.1, -0.05) is 0 Å². The van der Waals surface area contributed by atoms with Gasteiger partial charge in [0.15, 0.2) is 5.82 Å². The topological polar surface area (TPSA) is 113 Å². The lowest BCUT2D eigenvalue weighted by Crippen LogP contribution is -2.46. The van der Waals surface area contributed by atoms with E-state index in [9.17, 15) is 9.59 Å². The maximum Gasteiger partial charge on any atom is 0.312 e. The van der Waals surface area contributed by atoms with Gasteiger partial charge in [-0.05, 0) is 32.3 Å². The minimum Gasteiger partial charge on any atom is -0.352 e. The molecule has 106 valence electrons. The Bertz CT molecular complexity index is 460. The Hall–Kier alpha value is -1.70. The summed E-state index contributed by atoms with van der Waals surface area (Å²) in [5.41, 5.74) is 6.83. The number of nitrogens with zero attached hydrogens (tertiary/aromatic N) is 1. The normalized spacial score (nSPS) is 11.9. The van der Waals surface area contributed by atoms with Crippen molar-refractivity contribution in [1.82, 2.24) is 15.5 Å². The molecule has 0 bridgehead atoms. The van der Waals surface area contributed by atoms with Crippen molar-refractivity contribution in [3.05, 3.63) is 11.3 Å². The molecule has 1 heterocycles. The van der Waals surface area contributed by atoms with Gasteiger partial charge in [0, 0.05) is 11.3 Å². The average molecular weight is 285 g/mol. The summed E-state index contributed by atoms with van der Waals surface area (Å²) in [5.74, 6) is 0.905. The summed E-state index contributed by atoms with van der Waals surface area (Å²) in [7, 11) is 0. The highest BCUT2D eigenvalue weighted by molar-refractivity contribution is 7.98. The van der Waals surface area contributed by atoms with Gasteiger partial charge >= 0.3 is 6.03 Å². The monoisotopic (exact) mass is 285 g/mol. The maximum absolute atomic E-state index is 12.1. The summed E-state index contributed by atoms with van der Waals surface area (Å²) < 4.78 is 0. The van der Waals surface area contributed by atoms with Crippen LogP contribution in [0.3, 0.4) is 0 Å². The molecular formula is C11H19N5O2S. The number of carbonyl (C=O) groups excluding carboxylic acids is 2. The Labute approximate surface area is 116 Å². The number of H-pyrrole nitrogens is 1. The van der Waals surface area contributed by atoms with Crippen molar-refractivity contribution < 1.29 is 9.59 Å². The Morgan fingerprint density at radius 3 is 2.63 bits per heavy atom. The molecule has 1 aromatic rings. The van der Waals surface area contributed by atoms with Crippen molar-refractivity contribution in [3.63, 3.8) is 0 Å². The number of anilines is 1. The fraction of sp³-hybridized carbons (Fsp3) is 0.545. The Kier molecular flexibility index (Phi) is 5.68. The van der Waals surface area contributed by atoms with Gasteiger partial charge in [-0.3, -0.25) is 9.89 Å². The van der Waals surface area contributed by atoms with Gasteiger partial charge in [-0.25, -0.2) is 4.79 Å². The number of urea groups is 1. The molecule has 0 radical (unpaired) electrons. The zero-order valence-electron chi connectivity index (χ0n) is 11.2. The average Bonchev–Trinajstić information content (AvgIpc) is 2.66. The third-order valence-corrected chi connectivity index (χ3v) is 3.38. The lowest BCUT2D eigenvalue weighted by Gasteiger charge is -2.16. The second kappa shape index (κ2) is 7.03. The van der Waals surface area contributed by atoms with E-state index in [1.54, 1.807) is 11.8 Å². The maximum atomic E-state index is 12.1. The first-order chi connectivity index (χ1) is 8.95. The fourth-order valence-corrected chi connectivity index (χ4v) is 1.96. The van der Waals surface area contributed by atoms with Crippen LogP contribution in [0.1, 0.15) is 17.7 Å². The van der Waals surface area contributed by atoms with Crippen LogP contribution < -0.4 is 16.4 Å². The van der Waals surface area contributed by atoms with Gasteiger partial charge in [-0.15, -0.1) is 0 Å². The molecule has 3 amide bonds. The summed E-state index contributed by atoms with van der Waals surface area (Å²) >= 11 is 1.59. The first-order valence-corrected chi connectivity index (χ1v) is 7.22. The van der Waals surface area contributed by atoms with E-state index in [1.165, 1.54) is 0 Å². The largest absolute Gasteiger partial charge is 0.352 e. The van der Waals surface area contributed by atoms with Crippen LogP contribution in [0.5, 0.6) is 0 Å². The number of nitrogens with two attached hydrogens (primary N) is 1. The number of aromatic nitrogens is 2. The van der Waals surface area contributed by atoms with Gasteiger partial charge < -0.3 is 16.4 Å². The number of primary amides is 1. The van der Waals surface area contributed by atoms with Crippen LogP contribution in [-0.2, 0) is 4.79 Å². The molecule has 0 spiro atoms. The van der Waals surface area contributed by atoms with Crippen LogP contribution in [-0.4, -0.2) is 40.2 Å². The minimum atomic E-state index is -0.712. The second-order valence-electron chi connectivity index (χ2n) is 4.15. The van der Waals surface area contributed by atoms with Gasteiger partial charge in [0.2, 0.25) is 5.91 Å². The zero-order valence-corrected chi connectivity index (χ0v) is 12.1. The standard InChI is InChI=1S/C11H19N5O2S/c1-6-7(2)15-16-9(6)14-10(17)8(4-5-19-3)13-11(12)18/h8H,4-5H2,1-3H3,(H3,12,13,18)(H2,14,15,16,17). The summed E-state index contributed by atoms with van der Waals surface area (Å²) in [5, 5.41) is 11.9. The van der Waals surface area contributed by atoms with Gasteiger partial charge in [-0.2, -0.15) is 16.9 Å². The molecule has 1 rings (SSSR count). The molecule has 1 aromatic heterocycles. The lowest BCUT2D eigenvalue weighted by molar-refractivity contribution is -0.118. The van der Waals surface area contributed by atoms with E-state index >= 15 is 0 Å². The lowest BCUT2D eigenvalue weighted by atomic mass is 10.2. The van der Waals surface area contributed by atoms with E-state index < -0.39 is 12.1 Å². The quantitative estimate of drug-likeness (QED) is 0.618. The van der Waals surface area contributed by atoms with Crippen LogP contribution >= 0.6 is 11.8 Å². The number of rotatable bonds is 6. The number of hydrogen-bond acceptors (Lipinski definition) is 4. The van der Waals surface area contributed by atoms with Crippen molar-refractivity contribution in [3.8, 4) is 0 Å². The van der Waals surface area contributed by atoms with Crippen LogP contribution in [0.2, 0.25) is 0 Å². The molecule has 0 saturated heterocycles. The third-order valence-electron chi connectivity index (χ3n) is 2.74. The van der Waals surface area contributed by atoms with Gasteiger partial charge in [0.05, 0.1) is 0 Å². The molecule has 1 atom stereocenters. The molecule has 0 aliphatic carbocycles. The number of nitrogens with one attached hydrogen (secondary N) is 3. The Morgan fingerprint density at radius 2 is 2.16 bits per heavy atom. The molecule has 0 aliphatic heterocycles. The second-order valence-corrected chi connectivity index (χ2v) is 5.14. The number of hydrogen-bond donors (Lipinski definition) is 4.